The number of rotatable bonds is 9. The fourth-order valence-corrected chi connectivity index (χ4v) is 5.02. The van der Waals surface area contributed by atoms with Crippen molar-refractivity contribution in [3.05, 3.63) is 102 Å². The molecular weight excluding hydrogens is 524 g/mol. The van der Waals surface area contributed by atoms with Gasteiger partial charge in [0, 0.05) is 34.1 Å². The summed E-state index contributed by atoms with van der Waals surface area (Å²) in [4.78, 5) is 20.0. The zero-order valence-corrected chi connectivity index (χ0v) is 22.6. The summed E-state index contributed by atoms with van der Waals surface area (Å²) in [6.45, 7) is 3.99. The molecular formula is C31H29ClN6O2. The maximum atomic E-state index is 12.9. The molecule has 0 saturated carbocycles. The maximum absolute atomic E-state index is 12.9. The SMILES string of the molecule is O=C(Nc1cccc(Cl)c1)c1cccc(-c2cccc3nc(Nc4ccc(OCCN5CCCC5)cc4)nn23)c1. The zero-order chi connectivity index (χ0) is 27.3. The molecule has 0 unspecified atom stereocenters. The molecule has 5 aromatic rings. The van der Waals surface area contributed by atoms with Gasteiger partial charge in [-0.25, -0.2) is 4.52 Å². The monoisotopic (exact) mass is 552 g/mol. The highest BCUT2D eigenvalue weighted by molar-refractivity contribution is 6.31. The third-order valence-corrected chi connectivity index (χ3v) is 7.08. The van der Waals surface area contributed by atoms with Crippen molar-refractivity contribution in [2.75, 3.05) is 36.9 Å². The number of anilines is 3. The Hall–Kier alpha value is -4.40. The predicted molar refractivity (Wildman–Crippen MR) is 159 cm³/mol. The number of hydrogen-bond donors (Lipinski definition) is 2. The van der Waals surface area contributed by atoms with Gasteiger partial charge in [-0.1, -0.05) is 35.9 Å². The Morgan fingerprint density at radius 1 is 0.900 bits per heavy atom. The van der Waals surface area contributed by atoms with Crippen LogP contribution in [0.2, 0.25) is 5.02 Å². The molecule has 8 nitrogen and oxygen atoms in total. The Balaban J connectivity index is 1.15. The Labute approximate surface area is 237 Å². The van der Waals surface area contributed by atoms with Gasteiger partial charge in [0.25, 0.3) is 5.91 Å². The number of aromatic nitrogens is 3. The number of nitrogens with one attached hydrogen (secondary N) is 2. The molecule has 1 fully saturated rings. The van der Waals surface area contributed by atoms with Gasteiger partial charge >= 0.3 is 0 Å². The lowest BCUT2D eigenvalue weighted by atomic mass is 10.1. The van der Waals surface area contributed by atoms with Crippen molar-refractivity contribution in [3.8, 4) is 17.0 Å². The van der Waals surface area contributed by atoms with E-state index in [0.29, 0.717) is 34.5 Å². The van der Waals surface area contributed by atoms with Crippen LogP contribution in [0.25, 0.3) is 16.9 Å². The van der Waals surface area contributed by atoms with Gasteiger partial charge in [0.2, 0.25) is 5.95 Å². The van der Waals surface area contributed by atoms with Crippen LogP contribution in [0, 0.1) is 0 Å². The van der Waals surface area contributed by atoms with Crippen molar-refractivity contribution in [3.63, 3.8) is 0 Å². The minimum atomic E-state index is -0.222. The van der Waals surface area contributed by atoms with E-state index in [1.807, 2.05) is 60.7 Å². The largest absolute Gasteiger partial charge is 0.492 e. The first-order chi connectivity index (χ1) is 19.6. The van der Waals surface area contributed by atoms with Crippen LogP contribution in [-0.4, -0.2) is 51.6 Å². The fourth-order valence-electron chi connectivity index (χ4n) is 4.83. The third kappa shape index (κ3) is 6.09. The highest BCUT2D eigenvalue weighted by Gasteiger charge is 2.13. The first-order valence-electron chi connectivity index (χ1n) is 13.4. The molecule has 0 radical (unpaired) electrons. The third-order valence-electron chi connectivity index (χ3n) is 6.85. The number of carbonyl (C=O) groups excluding carboxylic acids is 1. The average Bonchev–Trinajstić information content (AvgIpc) is 3.64. The molecule has 2 aromatic heterocycles. The summed E-state index contributed by atoms with van der Waals surface area (Å²) >= 11 is 6.05. The molecule has 1 amide bonds. The number of amides is 1. The molecule has 0 aliphatic carbocycles. The van der Waals surface area contributed by atoms with E-state index in [1.54, 1.807) is 34.8 Å². The number of likely N-dealkylation sites (tertiary alicyclic amines) is 1. The first-order valence-corrected chi connectivity index (χ1v) is 13.7. The van der Waals surface area contributed by atoms with Crippen LogP contribution < -0.4 is 15.4 Å². The van der Waals surface area contributed by atoms with Crippen molar-refractivity contribution >= 4 is 40.5 Å². The van der Waals surface area contributed by atoms with Crippen LogP contribution in [0.4, 0.5) is 17.3 Å². The maximum Gasteiger partial charge on any atom is 0.255 e. The molecule has 1 aliphatic heterocycles. The van der Waals surface area contributed by atoms with E-state index in [2.05, 4.69) is 20.5 Å². The highest BCUT2D eigenvalue weighted by atomic mass is 35.5. The molecule has 40 heavy (non-hydrogen) atoms. The van der Waals surface area contributed by atoms with Crippen LogP contribution in [0.15, 0.2) is 91.0 Å². The lowest BCUT2D eigenvalue weighted by Gasteiger charge is -2.15. The van der Waals surface area contributed by atoms with E-state index in [9.17, 15) is 4.79 Å². The number of ether oxygens (including phenoxy) is 1. The van der Waals surface area contributed by atoms with Crippen molar-refractivity contribution in [2.45, 2.75) is 12.8 Å². The van der Waals surface area contributed by atoms with E-state index in [1.165, 1.54) is 25.9 Å². The molecule has 2 N–H and O–H groups in total. The van der Waals surface area contributed by atoms with E-state index in [0.717, 1.165) is 29.2 Å². The molecule has 6 rings (SSSR count). The van der Waals surface area contributed by atoms with Gasteiger partial charge in [0.05, 0.1) is 5.69 Å². The van der Waals surface area contributed by atoms with Crippen molar-refractivity contribution in [1.29, 1.82) is 0 Å². The summed E-state index contributed by atoms with van der Waals surface area (Å²) in [6.07, 6.45) is 2.57. The van der Waals surface area contributed by atoms with Gasteiger partial charge in [-0.15, -0.1) is 5.10 Å². The van der Waals surface area contributed by atoms with E-state index < -0.39 is 0 Å². The van der Waals surface area contributed by atoms with Crippen LogP contribution >= 0.6 is 11.6 Å². The Morgan fingerprint density at radius 2 is 1.70 bits per heavy atom. The Morgan fingerprint density at radius 3 is 2.52 bits per heavy atom. The topological polar surface area (TPSA) is 83.8 Å². The van der Waals surface area contributed by atoms with Gasteiger partial charge in [-0.05, 0) is 92.7 Å². The average molecular weight is 553 g/mol. The van der Waals surface area contributed by atoms with Crippen molar-refractivity contribution in [2.24, 2.45) is 0 Å². The quantitative estimate of drug-likeness (QED) is 0.216. The Bertz CT molecular complexity index is 1630. The van der Waals surface area contributed by atoms with Gasteiger partial charge in [0.1, 0.15) is 12.4 Å². The molecule has 9 heteroatoms. The second-order valence-corrected chi connectivity index (χ2v) is 10.1. The standard InChI is InChI=1S/C31H29ClN6O2/c32-24-8-4-9-26(21-24)33-30(39)23-7-3-6-22(20-23)28-10-5-11-29-35-31(36-38(28)29)34-25-12-14-27(15-13-25)40-19-18-37-16-1-2-17-37/h3-15,20-21H,1-2,16-19H2,(H,33,39)(H,34,36). The van der Waals surface area contributed by atoms with Crippen LogP contribution in [0.1, 0.15) is 23.2 Å². The van der Waals surface area contributed by atoms with Gasteiger partial charge in [0.15, 0.2) is 5.65 Å². The number of hydrogen-bond acceptors (Lipinski definition) is 6. The number of pyridine rings is 1. The minimum Gasteiger partial charge on any atom is -0.492 e. The summed E-state index contributed by atoms with van der Waals surface area (Å²) in [6, 6.07) is 28.1. The number of halogens is 1. The normalized spacial score (nSPS) is 13.4. The first kappa shape index (κ1) is 25.9. The molecule has 0 bridgehead atoms. The second-order valence-electron chi connectivity index (χ2n) is 9.71. The molecule has 0 spiro atoms. The van der Waals surface area contributed by atoms with E-state index in [-0.39, 0.29) is 5.91 Å². The molecule has 3 aromatic carbocycles. The van der Waals surface area contributed by atoms with Crippen molar-refractivity contribution in [1.82, 2.24) is 19.5 Å². The molecule has 1 saturated heterocycles. The molecule has 0 atom stereocenters. The number of nitrogens with zero attached hydrogens (tertiary/aromatic N) is 4. The van der Waals surface area contributed by atoms with Gasteiger partial charge in [-0.2, -0.15) is 4.98 Å². The number of benzene rings is 3. The lowest BCUT2D eigenvalue weighted by Crippen LogP contribution is -2.25. The smallest absolute Gasteiger partial charge is 0.255 e. The number of carbonyl (C=O) groups is 1. The zero-order valence-electron chi connectivity index (χ0n) is 21.9. The van der Waals surface area contributed by atoms with Crippen LogP contribution in [0.3, 0.4) is 0 Å². The summed E-state index contributed by atoms with van der Waals surface area (Å²) in [5.74, 6) is 1.10. The fraction of sp³-hybridized carbons (Fsp3) is 0.194. The lowest BCUT2D eigenvalue weighted by molar-refractivity contribution is 0.102. The minimum absolute atomic E-state index is 0.222. The molecule has 202 valence electrons. The summed E-state index contributed by atoms with van der Waals surface area (Å²) in [5.41, 5.74) is 4.38. The second kappa shape index (κ2) is 11.8. The van der Waals surface area contributed by atoms with E-state index in [4.69, 9.17) is 21.4 Å². The molecule has 3 heterocycles. The van der Waals surface area contributed by atoms with Crippen LogP contribution in [-0.2, 0) is 0 Å². The van der Waals surface area contributed by atoms with Gasteiger partial charge < -0.3 is 15.4 Å². The summed E-state index contributed by atoms with van der Waals surface area (Å²) in [5, 5.41) is 11.4. The van der Waals surface area contributed by atoms with Crippen molar-refractivity contribution < 1.29 is 9.53 Å². The number of fused-ring (bicyclic) bond motifs is 1. The van der Waals surface area contributed by atoms with E-state index >= 15 is 0 Å². The van der Waals surface area contributed by atoms with Gasteiger partial charge in [-0.3, -0.25) is 9.69 Å². The van der Waals surface area contributed by atoms with Crippen LogP contribution in [0.5, 0.6) is 5.75 Å². The summed E-state index contributed by atoms with van der Waals surface area (Å²) < 4.78 is 7.68. The predicted octanol–water partition coefficient (Wildman–Crippen LogP) is 6.52. The molecule has 1 aliphatic rings. The highest BCUT2D eigenvalue weighted by Crippen LogP contribution is 2.25. The Kier molecular flexibility index (Phi) is 7.61. The summed E-state index contributed by atoms with van der Waals surface area (Å²) in [7, 11) is 0.